The number of sulfonamides is 1. The summed E-state index contributed by atoms with van der Waals surface area (Å²) in [5.41, 5.74) is 1.83. The van der Waals surface area contributed by atoms with Crippen molar-refractivity contribution in [2.75, 3.05) is 25.1 Å². The largest absolute Gasteiger partial charge is 0.316 e. The van der Waals surface area contributed by atoms with E-state index in [4.69, 9.17) is 0 Å². The fourth-order valence-electron chi connectivity index (χ4n) is 3.94. The number of hydrogen-bond acceptors (Lipinski definition) is 5. The van der Waals surface area contributed by atoms with Crippen molar-refractivity contribution in [1.29, 1.82) is 0 Å². The number of halogens is 1. The predicted octanol–water partition coefficient (Wildman–Crippen LogP) is 4.04. The Balaban J connectivity index is 1.62. The molecule has 1 saturated heterocycles. The molecule has 176 valence electrons. The number of carbonyl (C=O) groups is 1. The highest BCUT2D eigenvalue weighted by Gasteiger charge is 2.33. The first-order valence-electron chi connectivity index (χ1n) is 10.7. The maximum absolute atomic E-state index is 13.7. The van der Waals surface area contributed by atoms with Crippen LogP contribution in [0.5, 0.6) is 0 Å². The maximum atomic E-state index is 13.7. The smallest absolute Gasteiger partial charge is 0.252 e. The molecule has 2 aromatic carbocycles. The summed E-state index contributed by atoms with van der Waals surface area (Å²) in [5, 5.41) is 0. The third-order valence-corrected chi connectivity index (χ3v) is 9.27. The number of aryl methyl sites for hydroxylation is 2. The SMILES string of the molecule is CSCCn1c(=NC(=O)C2CCCN(S(=O)(=O)c3ccc(C)cc3)C2)sc2cc(F)ccc21. The summed E-state index contributed by atoms with van der Waals surface area (Å²) in [5.74, 6) is -0.335. The number of carbonyl (C=O) groups excluding carboxylic acids is 1. The maximum Gasteiger partial charge on any atom is 0.252 e. The summed E-state index contributed by atoms with van der Waals surface area (Å²) in [7, 11) is -3.67. The molecule has 10 heteroatoms. The molecule has 0 radical (unpaired) electrons. The van der Waals surface area contributed by atoms with Gasteiger partial charge in [0.25, 0.3) is 5.91 Å². The van der Waals surface area contributed by atoms with Gasteiger partial charge < -0.3 is 4.57 Å². The van der Waals surface area contributed by atoms with Gasteiger partial charge in [0.15, 0.2) is 4.80 Å². The third kappa shape index (κ3) is 5.24. The van der Waals surface area contributed by atoms with Gasteiger partial charge in [0, 0.05) is 25.4 Å². The number of aromatic nitrogens is 1. The number of nitrogens with zero attached hydrogens (tertiary/aromatic N) is 3. The number of fused-ring (bicyclic) bond motifs is 1. The second-order valence-electron chi connectivity index (χ2n) is 8.11. The fourth-order valence-corrected chi connectivity index (χ4v) is 6.91. The van der Waals surface area contributed by atoms with Crippen molar-refractivity contribution in [3.8, 4) is 0 Å². The first-order valence-corrected chi connectivity index (χ1v) is 14.4. The minimum Gasteiger partial charge on any atom is -0.316 e. The van der Waals surface area contributed by atoms with E-state index in [1.165, 1.54) is 27.8 Å². The third-order valence-electron chi connectivity index (χ3n) is 5.76. The monoisotopic (exact) mass is 507 g/mol. The first kappa shape index (κ1) is 24.1. The number of amides is 1. The van der Waals surface area contributed by atoms with Gasteiger partial charge in [-0.3, -0.25) is 4.79 Å². The topological polar surface area (TPSA) is 71.7 Å². The lowest BCUT2D eigenvalue weighted by atomic mass is 9.99. The summed E-state index contributed by atoms with van der Waals surface area (Å²) in [6.07, 6.45) is 3.19. The molecule has 0 aliphatic carbocycles. The van der Waals surface area contributed by atoms with Gasteiger partial charge in [-0.2, -0.15) is 21.1 Å². The number of thioether (sulfide) groups is 1. The summed E-state index contributed by atoms with van der Waals surface area (Å²) < 4.78 is 44.0. The zero-order valence-corrected chi connectivity index (χ0v) is 21.0. The second kappa shape index (κ2) is 10.1. The van der Waals surface area contributed by atoms with Gasteiger partial charge in [0.2, 0.25) is 10.0 Å². The molecule has 0 bridgehead atoms. The highest BCUT2D eigenvalue weighted by Crippen LogP contribution is 2.25. The molecule has 0 saturated carbocycles. The quantitative estimate of drug-likeness (QED) is 0.505. The highest BCUT2D eigenvalue weighted by molar-refractivity contribution is 7.98. The lowest BCUT2D eigenvalue weighted by Gasteiger charge is -2.30. The zero-order valence-electron chi connectivity index (χ0n) is 18.5. The van der Waals surface area contributed by atoms with Crippen molar-refractivity contribution in [2.45, 2.75) is 31.2 Å². The minimum absolute atomic E-state index is 0.114. The Morgan fingerprint density at radius 3 is 2.73 bits per heavy atom. The van der Waals surface area contributed by atoms with Crippen LogP contribution in [0.4, 0.5) is 4.39 Å². The summed E-state index contributed by atoms with van der Waals surface area (Å²) in [6, 6.07) is 11.3. The van der Waals surface area contributed by atoms with Crippen LogP contribution in [0, 0.1) is 18.7 Å². The van der Waals surface area contributed by atoms with E-state index in [0.29, 0.717) is 30.7 Å². The molecule has 4 rings (SSSR count). The number of piperidine rings is 1. The van der Waals surface area contributed by atoms with Crippen LogP contribution in [0.2, 0.25) is 0 Å². The second-order valence-corrected chi connectivity index (χ2v) is 12.0. The van der Waals surface area contributed by atoms with Gasteiger partial charge in [-0.05, 0) is 56.4 Å². The average molecular weight is 508 g/mol. The standard InChI is InChI=1S/C23H26FN3O3S3/c1-16-5-8-19(9-6-16)33(29,30)26-11-3-4-17(15-26)22(28)25-23-27(12-13-31-2)20-10-7-18(24)14-21(20)32-23/h5-10,14,17H,3-4,11-13,15H2,1-2H3. The Morgan fingerprint density at radius 2 is 2.00 bits per heavy atom. The first-order chi connectivity index (χ1) is 15.8. The summed E-state index contributed by atoms with van der Waals surface area (Å²) >= 11 is 2.96. The van der Waals surface area contributed by atoms with E-state index in [1.807, 2.05) is 17.7 Å². The molecule has 1 amide bonds. The summed E-state index contributed by atoms with van der Waals surface area (Å²) in [4.78, 5) is 18.3. The number of rotatable bonds is 6. The molecular formula is C23H26FN3O3S3. The molecule has 1 aliphatic rings. The van der Waals surface area contributed by atoms with Crippen molar-refractivity contribution in [3.05, 3.63) is 58.6 Å². The molecule has 2 heterocycles. The van der Waals surface area contributed by atoms with Crippen molar-refractivity contribution in [3.63, 3.8) is 0 Å². The van der Waals surface area contributed by atoms with Crippen molar-refractivity contribution >= 4 is 49.2 Å². The van der Waals surface area contributed by atoms with E-state index < -0.39 is 15.9 Å². The van der Waals surface area contributed by atoms with E-state index in [2.05, 4.69) is 4.99 Å². The van der Waals surface area contributed by atoms with E-state index in [0.717, 1.165) is 21.5 Å². The Morgan fingerprint density at radius 1 is 1.24 bits per heavy atom. The molecule has 0 spiro atoms. The molecule has 1 aliphatic heterocycles. The van der Waals surface area contributed by atoms with Crippen LogP contribution in [0.15, 0.2) is 52.4 Å². The van der Waals surface area contributed by atoms with Gasteiger partial charge in [-0.1, -0.05) is 29.0 Å². The van der Waals surface area contributed by atoms with Gasteiger partial charge in [0.05, 0.1) is 21.0 Å². The molecule has 1 aromatic heterocycles. The van der Waals surface area contributed by atoms with Crippen LogP contribution in [-0.4, -0.2) is 48.3 Å². The highest BCUT2D eigenvalue weighted by atomic mass is 32.2. The molecule has 3 aromatic rings. The van der Waals surface area contributed by atoms with Gasteiger partial charge in [0.1, 0.15) is 5.82 Å². The number of benzene rings is 2. The number of thiazole rings is 1. The Labute approximate surface area is 201 Å². The molecule has 1 fully saturated rings. The van der Waals surface area contributed by atoms with Crippen LogP contribution < -0.4 is 4.80 Å². The Bertz CT molecular complexity index is 1330. The van der Waals surface area contributed by atoms with Crippen LogP contribution in [0.1, 0.15) is 18.4 Å². The van der Waals surface area contributed by atoms with E-state index in [1.54, 1.807) is 42.1 Å². The average Bonchev–Trinajstić information content (AvgIpc) is 3.13. The van der Waals surface area contributed by atoms with Gasteiger partial charge in [-0.25, -0.2) is 12.8 Å². The molecular weight excluding hydrogens is 481 g/mol. The number of hydrogen-bond donors (Lipinski definition) is 0. The molecule has 6 nitrogen and oxygen atoms in total. The van der Waals surface area contributed by atoms with Crippen LogP contribution >= 0.6 is 23.1 Å². The normalized spacial score (nSPS) is 18.2. The van der Waals surface area contributed by atoms with Crippen LogP contribution in [-0.2, 0) is 21.4 Å². The van der Waals surface area contributed by atoms with Gasteiger partial charge in [-0.15, -0.1) is 0 Å². The van der Waals surface area contributed by atoms with Crippen molar-refractivity contribution in [2.24, 2.45) is 10.9 Å². The van der Waals surface area contributed by atoms with E-state index in [-0.39, 0.29) is 23.2 Å². The molecule has 0 N–H and O–H groups in total. The Kier molecular flexibility index (Phi) is 7.37. The predicted molar refractivity (Wildman–Crippen MR) is 131 cm³/mol. The van der Waals surface area contributed by atoms with E-state index in [9.17, 15) is 17.6 Å². The van der Waals surface area contributed by atoms with Crippen molar-refractivity contribution < 1.29 is 17.6 Å². The zero-order chi connectivity index (χ0) is 23.6. The summed E-state index contributed by atoms with van der Waals surface area (Å²) in [6.45, 7) is 3.05. The van der Waals surface area contributed by atoms with Crippen LogP contribution in [0.3, 0.4) is 0 Å². The lowest BCUT2D eigenvalue weighted by molar-refractivity contribution is -0.122. The lowest BCUT2D eigenvalue weighted by Crippen LogP contribution is -2.42. The molecule has 1 atom stereocenters. The van der Waals surface area contributed by atoms with E-state index >= 15 is 0 Å². The Hall–Kier alpha value is -2.01. The molecule has 33 heavy (non-hydrogen) atoms. The van der Waals surface area contributed by atoms with Crippen molar-refractivity contribution in [1.82, 2.24) is 8.87 Å². The minimum atomic E-state index is -3.67. The van der Waals surface area contributed by atoms with Gasteiger partial charge >= 0.3 is 0 Å². The molecule has 1 unspecified atom stereocenters. The fraction of sp³-hybridized carbons (Fsp3) is 0.391. The van der Waals surface area contributed by atoms with Crippen LogP contribution in [0.25, 0.3) is 10.2 Å².